The van der Waals surface area contributed by atoms with Crippen molar-refractivity contribution >= 4 is 17.2 Å². The maximum atomic E-state index is 12.3. The van der Waals surface area contributed by atoms with Gasteiger partial charge < -0.3 is 9.64 Å². The molecule has 19 heavy (non-hydrogen) atoms. The van der Waals surface area contributed by atoms with Crippen molar-refractivity contribution < 1.29 is 9.53 Å². The zero-order valence-corrected chi connectivity index (χ0v) is 11.5. The number of hydrogen-bond donors (Lipinski definition) is 0. The van der Waals surface area contributed by atoms with Gasteiger partial charge in [-0.1, -0.05) is 0 Å². The van der Waals surface area contributed by atoms with Gasteiger partial charge in [-0.25, -0.2) is 4.98 Å². The van der Waals surface area contributed by atoms with E-state index in [1.807, 2.05) is 16.8 Å². The normalized spacial score (nSPS) is 10.4. The first kappa shape index (κ1) is 13.6. The van der Waals surface area contributed by atoms with E-state index < -0.39 is 0 Å². The lowest BCUT2D eigenvalue weighted by molar-refractivity contribution is 0.0674. The van der Waals surface area contributed by atoms with Gasteiger partial charge in [0.2, 0.25) is 0 Å². The maximum Gasteiger partial charge on any atom is 0.274 e. The molecular formula is C13H15N3O2S. The molecule has 0 radical (unpaired) electrons. The molecule has 0 aliphatic rings. The second-order valence-corrected chi connectivity index (χ2v) is 4.72. The fraction of sp³-hybridized carbons (Fsp3) is 0.308. The molecule has 0 atom stereocenters. The van der Waals surface area contributed by atoms with Crippen LogP contribution in [0, 0.1) is 0 Å². The molecule has 100 valence electrons. The van der Waals surface area contributed by atoms with Crippen LogP contribution in [-0.4, -0.2) is 41.0 Å². The van der Waals surface area contributed by atoms with Crippen LogP contribution in [0.15, 0.2) is 35.4 Å². The highest BCUT2D eigenvalue weighted by Gasteiger charge is 2.17. The predicted octanol–water partition coefficient (Wildman–Crippen LogP) is 1.83. The van der Waals surface area contributed by atoms with Crippen molar-refractivity contribution in [1.82, 2.24) is 14.9 Å². The van der Waals surface area contributed by atoms with E-state index in [9.17, 15) is 4.79 Å². The summed E-state index contributed by atoms with van der Waals surface area (Å²) in [7, 11) is 1.62. The van der Waals surface area contributed by atoms with E-state index in [0.717, 1.165) is 5.56 Å². The molecule has 0 saturated heterocycles. The Morgan fingerprint density at radius 2 is 2.37 bits per heavy atom. The average Bonchev–Trinajstić information content (AvgIpc) is 2.96. The molecule has 2 heterocycles. The van der Waals surface area contributed by atoms with Gasteiger partial charge in [-0.2, -0.15) is 11.3 Å². The lowest BCUT2D eigenvalue weighted by Crippen LogP contribution is -2.33. The van der Waals surface area contributed by atoms with Gasteiger partial charge in [-0.05, 0) is 22.4 Å². The fourth-order valence-electron chi connectivity index (χ4n) is 1.63. The Bertz CT molecular complexity index is 502. The molecule has 0 bridgehead atoms. The second kappa shape index (κ2) is 6.96. The van der Waals surface area contributed by atoms with E-state index in [4.69, 9.17) is 4.74 Å². The SMILES string of the molecule is COCCN(Cc1ccsc1)C(=O)c1cnccn1. The minimum atomic E-state index is -0.128. The first-order valence-corrected chi connectivity index (χ1v) is 6.81. The highest BCUT2D eigenvalue weighted by Crippen LogP contribution is 2.11. The Kier molecular flexibility index (Phi) is 5.00. The molecule has 5 nitrogen and oxygen atoms in total. The molecule has 0 aliphatic carbocycles. The van der Waals surface area contributed by atoms with Crippen LogP contribution in [-0.2, 0) is 11.3 Å². The molecule has 0 spiro atoms. The van der Waals surface area contributed by atoms with Crippen molar-refractivity contribution in [3.8, 4) is 0 Å². The summed E-state index contributed by atoms with van der Waals surface area (Å²) in [6.07, 6.45) is 4.55. The van der Waals surface area contributed by atoms with E-state index in [-0.39, 0.29) is 5.91 Å². The minimum Gasteiger partial charge on any atom is -0.383 e. The van der Waals surface area contributed by atoms with Crippen molar-refractivity contribution in [2.75, 3.05) is 20.3 Å². The molecule has 0 aromatic carbocycles. The van der Waals surface area contributed by atoms with Crippen molar-refractivity contribution in [2.24, 2.45) is 0 Å². The van der Waals surface area contributed by atoms with Gasteiger partial charge in [0.15, 0.2) is 0 Å². The summed E-state index contributed by atoms with van der Waals surface area (Å²) in [5, 5.41) is 4.03. The van der Waals surface area contributed by atoms with Crippen LogP contribution in [0.5, 0.6) is 0 Å². The van der Waals surface area contributed by atoms with Crippen molar-refractivity contribution in [3.63, 3.8) is 0 Å². The molecule has 0 N–H and O–H groups in total. The van der Waals surface area contributed by atoms with Crippen LogP contribution < -0.4 is 0 Å². The molecule has 0 aliphatic heterocycles. The Balaban J connectivity index is 2.10. The summed E-state index contributed by atoms with van der Waals surface area (Å²) in [6, 6.07) is 2.01. The number of aromatic nitrogens is 2. The first-order chi connectivity index (χ1) is 9.31. The van der Waals surface area contributed by atoms with Gasteiger partial charge in [0.05, 0.1) is 12.8 Å². The first-order valence-electron chi connectivity index (χ1n) is 5.86. The predicted molar refractivity (Wildman–Crippen MR) is 73.0 cm³/mol. The molecule has 1 amide bonds. The van der Waals surface area contributed by atoms with E-state index in [2.05, 4.69) is 9.97 Å². The fourth-order valence-corrected chi connectivity index (χ4v) is 2.29. The smallest absolute Gasteiger partial charge is 0.274 e. The lowest BCUT2D eigenvalue weighted by atomic mass is 10.3. The van der Waals surface area contributed by atoms with Crippen LogP contribution >= 0.6 is 11.3 Å². The van der Waals surface area contributed by atoms with Gasteiger partial charge in [0, 0.05) is 32.6 Å². The number of carbonyl (C=O) groups is 1. The van der Waals surface area contributed by atoms with Gasteiger partial charge in [0.1, 0.15) is 5.69 Å². The zero-order valence-electron chi connectivity index (χ0n) is 10.7. The number of rotatable bonds is 6. The Hall–Kier alpha value is -1.79. The largest absolute Gasteiger partial charge is 0.383 e. The quantitative estimate of drug-likeness (QED) is 0.808. The Morgan fingerprint density at radius 1 is 1.47 bits per heavy atom. The lowest BCUT2D eigenvalue weighted by Gasteiger charge is -2.21. The maximum absolute atomic E-state index is 12.3. The highest BCUT2D eigenvalue weighted by molar-refractivity contribution is 7.07. The van der Waals surface area contributed by atoms with Crippen LogP contribution in [0.25, 0.3) is 0 Å². The molecule has 0 fully saturated rings. The third-order valence-corrected chi connectivity index (χ3v) is 3.32. The number of carbonyl (C=O) groups excluding carboxylic acids is 1. The molecule has 2 aromatic rings. The number of methoxy groups -OCH3 is 1. The summed E-state index contributed by atoms with van der Waals surface area (Å²) < 4.78 is 5.05. The van der Waals surface area contributed by atoms with Gasteiger partial charge in [0.25, 0.3) is 5.91 Å². The molecule has 2 rings (SSSR count). The third-order valence-electron chi connectivity index (χ3n) is 2.59. The summed E-state index contributed by atoms with van der Waals surface area (Å²) in [5.74, 6) is -0.128. The number of amides is 1. The number of nitrogens with zero attached hydrogens (tertiary/aromatic N) is 3. The average molecular weight is 277 g/mol. The van der Waals surface area contributed by atoms with E-state index in [1.54, 1.807) is 29.5 Å². The van der Waals surface area contributed by atoms with E-state index in [1.165, 1.54) is 12.4 Å². The Labute approximate surface area is 115 Å². The monoisotopic (exact) mass is 277 g/mol. The van der Waals surface area contributed by atoms with Crippen LogP contribution in [0.4, 0.5) is 0 Å². The molecular weight excluding hydrogens is 262 g/mol. The van der Waals surface area contributed by atoms with E-state index in [0.29, 0.717) is 25.4 Å². The standard InChI is InChI=1S/C13H15N3O2S/c1-18-6-5-16(9-11-2-7-19-10-11)13(17)12-8-14-3-4-15-12/h2-4,7-8,10H,5-6,9H2,1H3. The van der Waals surface area contributed by atoms with Crippen molar-refractivity contribution in [2.45, 2.75) is 6.54 Å². The molecule has 0 saturated carbocycles. The molecule has 0 unspecified atom stereocenters. The zero-order chi connectivity index (χ0) is 13.5. The minimum absolute atomic E-state index is 0.128. The number of hydrogen-bond acceptors (Lipinski definition) is 5. The van der Waals surface area contributed by atoms with Gasteiger partial charge in [-0.3, -0.25) is 9.78 Å². The van der Waals surface area contributed by atoms with Crippen LogP contribution in [0.1, 0.15) is 16.1 Å². The summed E-state index contributed by atoms with van der Waals surface area (Å²) >= 11 is 1.62. The summed E-state index contributed by atoms with van der Waals surface area (Å²) in [6.45, 7) is 1.58. The van der Waals surface area contributed by atoms with Gasteiger partial charge in [-0.15, -0.1) is 0 Å². The number of thiophene rings is 1. The molecule has 6 heteroatoms. The second-order valence-electron chi connectivity index (χ2n) is 3.94. The third kappa shape index (κ3) is 3.84. The van der Waals surface area contributed by atoms with Gasteiger partial charge >= 0.3 is 0 Å². The summed E-state index contributed by atoms with van der Waals surface area (Å²) in [5.41, 5.74) is 1.46. The molecule has 2 aromatic heterocycles. The highest BCUT2D eigenvalue weighted by atomic mass is 32.1. The van der Waals surface area contributed by atoms with Crippen LogP contribution in [0.2, 0.25) is 0 Å². The topological polar surface area (TPSA) is 55.3 Å². The van der Waals surface area contributed by atoms with Crippen molar-refractivity contribution in [3.05, 3.63) is 46.7 Å². The van der Waals surface area contributed by atoms with E-state index >= 15 is 0 Å². The van der Waals surface area contributed by atoms with Crippen LogP contribution in [0.3, 0.4) is 0 Å². The Morgan fingerprint density at radius 3 is 3.00 bits per heavy atom. The van der Waals surface area contributed by atoms with Crippen molar-refractivity contribution in [1.29, 1.82) is 0 Å². The summed E-state index contributed by atoms with van der Waals surface area (Å²) in [4.78, 5) is 22.0. The number of ether oxygens (including phenoxy) is 1.